The summed E-state index contributed by atoms with van der Waals surface area (Å²) in [6.07, 6.45) is 2.01. The molecule has 1 unspecified atom stereocenters. The molecule has 2 nitrogen and oxygen atoms in total. The summed E-state index contributed by atoms with van der Waals surface area (Å²) >= 11 is 1.66. The Bertz CT molecular complexity index is 286. The van der Waals surface area contributed by atoms with Crippen molar-refractivity contribution in [1.82, 2.24) is 0 Å². The third-order valence-corrected chi connectivity index (χ3v) is 2.81. The zero-order valence-corrected chi connectivity index (χ0v) is 8.77. The fourth-order valence-corrected chi connectivity index (χ4v) is 1.54. The number of nitrogens with two attached hydrogens (primary N) is 1. The van der Waals surface area contributed by atoms with Gasteiger partial charge in [0.25, 0.3) is 0 Å². The molecule has 0 saturated carbocycles. The van der Waals surface area contributed by atoms with E-state index in [1.165, 1.54) is 0 Å². The van der Waals surface area contributed by atoms with Gasteiger partial charge in [-0.15, -0.1) is 11.8 Å². The molecule has 3 heteroatoms. The van der Waals surface area contributed by atoms with Crippen molar-refractivity contribution in [2.45, 2.75) is 17.4 Å². The monoisotopic (exact) mass is 197 g/mol. The lowest BCUT2D eigenvalue weighted by Crippen LogP contribution is -2.31. The first kappa shape index (κ1) is 10.6. The minimum absolute atomic E-state index is 0.241. The number of hydrogen-bond donors (Lipinski definition) is 2. The molecule has 0 aliphatic heterocycles. The maximum Gasteiger partial charge on any atom is 0.0990 e. The predicted molar refractivity (Wildman–Crippen MR) is 56.8 cm³/mol. The van der Waals surface area contributed by atoms with E-state index in [2.05, 4.69) is 0 Å². The molecule has 0 amide bonds. The van der Waals surface area contributed by atoms with Gasteiger partial charge in [-0.05, 0) is 30.9 Å². The van der Waals surface area contributed by atoms with Crippen LogP contribution in [0.25, 0.3) is 0 Å². The normalized spacial score (nSPS) is 15.4. The molecule has 72 valence electrons. The van der Waals surface area contributed by atoms with E-state index < -0.39 is 5.60 Å². The van der Waals surface area contributed by atoms with E-state index in [4.69, 9.17) is 5.73 Å². The molecule has 0 aromatic heterocycles. The van der Waals surface area contributed by atoms with Crippen LogP contribution in [-0.2, 0) is 5.60 Å². The van der Waals surface area contributed by atoms with E-state index in [-0.39, 0.29) is 6.54 Å². The van der Waals surface area contributed by atoms with Crippen molar-refractivity contribution in [3.05, 3.63) is 29.8 Å². The Morgan fingerprint density at radius 2 is 2.23 bits per heavy atom. The van der Waals surface area contributed by atoms with Crippen molar-refractivity contribution < 1.29 is 5.11 Å². The standard InChI is InChI=1S/C10H15NOS/c1-10(12,7-11)8-4-3-5-9(6-8)13-2/h3-6,12H,7,11H2,1-2H3. The second-order valence-electron chi connectivity index (χ2n) is 3.21. The van der Waals surface area contributed by atoms with Gasteiger partial charge in [-0.1, -0.05) is 12.1 Å². The highest BCUT2D eigenvalue weighted by atomic mass is 32.2. The Kier molecular flexibility index (Phi) is 3.36. The van der Waals surface area contributed by atoms with Crippen LogP contribution in [0.5, 0.6) is 0 Å². The van der Waals surface area contributed by atoms with Crippen LogP contribution in [0.15, 0.2) is 29.2 Å². The van der Waals surface area contributed by atoms with Crippen LogP contribution in [-0.4, -0.2) is 17.9 Å². The molecule has 0 radical (unpaired) electrons. The fourth-order valence-electron chi connectivity index (χ4n) is 1.08. The molecule has 3 N–H and O–H groups in total. The number of aliphatic hydroxyl groups is 1. The van der Waals surface area contributed by atoms with Gasteiger partial charge in [-0.2, -0.15) is 0 Å². The number of rotatable bonds is 3. The molecular formula is C10H15NOS. The molecule has 1 rings (SSSR count). The van der Waals surface area contributed by atoms with Gasteiger partial charge >= 0.3 is 0 Å². The van der Waals surface area contributed by atoms with E-state index in [0.717, 1.165) is 10.5 Å². The molecule has 0 fully saturated rings. The number of benzene rings is 1. The first-order valence-corrected chi connectivity index (χ1v) is 5.39. The molecule has 0 aliphatic carbocycles. The summed E-state index contributed by atoms with van der Waals surface area (Å²) in [6, 6.07) is 7.82. The van der Waals surface area contributed by atoms with Crippen LogP contribution >= 0.6 is 11.8 Å². The lowest BCUT2D eigenvalue weighted by molar-refractivity contribution is 0.0666. The molecule has 0 bridgehead atoms. The summed E-state index contributed by atoms with van der Waals surface area (Å²) in [7, 11) is 0. The van der Waals surface area contributed by atoms with E-state index in [9.17, 15) is 5.11 Å². The molecule has 0 saturated heterocycles. The maximum absolute atomic E-state index is 9.88. The van der Waals surface area contributed by atoms with Crippen LogP contribution in [0.4, 0.5) is 0 Å². The quantitative estimate of drug-likeness (QED) is 0.723. The average Bonchev–Trinajstić information content (AvgIpc) is 2.18. The molecular weight excluding hydrogens is 182 g/mol. The average molecular weight is 197 g/mol. The maximum atomic E-state index is 9.88. The second-order valence-corrected chi connectivity index (χ2v) is 4.09. The highest BCUT2D eigenvalue weighted by Gasteiger charge is 2.20. The fraction of sp³-hybridized carbons (Fsp3) is 0.400. The van der Waals surface area contributed by atoms with Gasteiger partial charge < -0.3 is 10.8 Å². The third-order valence-electron chi connectivity index (χ3n) is 2.09. The van der Waals surface area contributed by atoms with Crippen molar-refractivity contribution in [3.63, 3.8) is 0 Å². The van der Waals surface area contributed by atoms with Crippen molar-refractivity contribution in [3.8, 4) is 0 Å². The highest BCUT2D eigenvalue weighted by molar-refractivity contribution is 7.98. The topological polar surface area (TPSA) is 46.2 Å². The Morgan fingerprint density at radius 3 is 2.77 bits per heavy atom. The van der Waals surface area contributed by atoms with E-state index in [0.29, 0.717) is 0 Å². The summed E-state index contributed by atoms with van der Waals surface area (Å²) in [5.74, 6) is 0. The lowest BCUT2D eigenvalue weighted by Gasteiger charge is -2.21. The Labute approximate surface area is 83.1 Å². The Morgan fingerprint density at radius 1 is 1.54 bits per heavy atom. The van der Waals surface area contributed by atoms with Crippen LogP contribution in [0.3, 0.4) is 0 Å². The van der Waals surface area contributed by atoms with Gasteiger partial charge in [-0.3, -0.25) is 0 Å². The van der Waals surface area contributed by atoms with Crippen LogP contribution in [0, 0.1) is 0 Å². The molecule has 0 spiro atoms. The van der Waals surface area contributed by atoms with E-state index in [1.807, 2.05) is 30.5 Å². The smallest absolute Gasteiger partial charge is 0.0990 e. The summed E-state index contributed by atoms with van der Waals surface area (Å²) in [6.45, 7) is 1.97. The second kappa shape index (κ2) is 4.13. The van der Waals surface area contributed by atoms with Gasteiger partial charge in [0.2, 0.25) is 0 Å². The summed E-state index contributed by atoms with van der Waals surface area (Å²) < 4.78 is 0. The first-order valence-electron chi connectivity index (χ1n) is 4.17. The largest absolute Gasteiger partial charge is 0.384 e. The molecule has 0 aliphatic rings. The van der Waals surface area contributed by atoms with E-state index >= 15 is 0 Å². The van der Waals surface area contributed by atoms with E-state index in [1.54, 1.807) is 18.7 Å². The predicted octanol–water partition coefficient (Wildman–Crippen LogP) is 1.57. The van der Waals surface area contributed by atoms with Gasteiger partial charge in [0.05, 0.1) is 5.60 Å². The van der Waals surface area contributed by atoms with Gasteiger partial charge in [0.1, 0.15) is 0 Å². The molecule has 13 heavy (non-hydrogen) atoms. The number of thioether (sulfide) groups is 1. The van der Waals surface area contributed by atoms with Crippen LogP contribution in [0.1, 0.15) is 12.5 Å². The highest BCUT2D eigenvalue weighted by Crippen LogP contribution is 2.23. The van der Waals surface area contributed by atoms with Crippen molar-refractivity contribution in [1.29, 1.82) is 0 Å². The Hall–Kier alpha value is -0.510. The van der Waals surface area contributed by atoms with Gasteiger partial charge in [-0.25, -0.2) is 0 Å². The third kappa shape index (κ3) is 2.46. The van der Waals surface area contributed by atoms with Crippen molar-refractivity contribution in [2.75, 3.05) is 12.8 Å². The SMILES string of the molecule is CSc1cccc(C(C)(O)CN)c1. The lowest BCUT2D eigenvalue weighted by atomic mass is 9.96. The minimum atomic E-state index is -0.911. The van der Waals surface area contributed by atoms with Crippen molar-refractivity contribution in [2.24, 2.45) is 5.73 Å². The summed E-state index contributed by atoms with van der Waals surface area (Å²) in [5.41, 5.74) is 5.44. The Balaban J connectivity index is 3.01. The molecule has 1 atom stereocenters. The number of hydrogen-bond acceptors (Lipinski definition) is 3. The molecule has 1 aromatic carbocycles. The summed E-state index contributed by atoms with van der Waals surface area (Å²) in [5, 5.41) is 9.88. The van der Waals surface area contributed by atoms with Gasteiger partial charge in [0, 0.05) is 11.4 Å². The molecule has 0 heterocycles. The zero-order valence-electron chi connectivity index (χ0n) is 7.95. The van der Waals surface area contributed by atoms with Crippen LogP contribution in [0.2, 0.25) is 0 Å². The van der Waals surface area contributed by atoms with Gasteiger partial charge in [0.15, 0.2) is 0 Å². The zero-order chi connectivity index (χ0) is 9.90. The van der Waals surface area contributed by atoms with Crippen LogP contribution < -0.4 is 5.73 Å². The first-order chi connectivity index (χ1) is 6.10. The minimum Gasteiger partial charge on any atom is -0.384 e. The summed E-state index contributed by atoms with van der Waals surface area (Å²) in [4.78, 5) is 1.14. The van der Waals surface area contributed by atoms with Crippen molar-refractivity contribution >= 4 is 11.8 Å². The molecule has 1 aromatic rings.